The molecule has 6 nitrogen and oxygen atoms in total. The van der Waals surface area contributed by atoms with E-state index in [0.29, 0.717) is 11.3 Å². The average Bonchev–Trinajstić information content (AvgIpc) is 3.15. The average molecular weight is 476 g/mol. The maximum Gasteiger partial charge on any atom is 0.325 e. The first kappa shape index (κ1) is 23.1. The van der Waals surface area contributed by atoms with Crippen molar-refractivity contribution in [3.8, 4) is 11.1 Å². The van der Waals surface area contributed by atoms with Gasteiger partial charge in [-0.3, -0.25) is 14.5 Å². The summed E-state index contributed by atoms with van der Waals surface area (Å²) in [7, 11) is 0. The summed E-state index contributed by atoms with van der Waals surface area (Å²) in [6, 6.07) is 35.2. The fourth-order valence-electron chi connectivity index (χ4n) is 4.61. The van der Waals surface area contributed by atoms with E-state index < -0.39 is 29.9 Å². The lowest BCUT2D eigenvalue weighted by molar-refractivity contribution is -0.134. The number of para-hydroxylation sites is 1. The minimum absolute atomic E-state index is 0.275. The van der Waals surface area contributed by atoms with Gasteiger partial charge in [0.2, 0.25) is 5.91 Å². The summed E-state index contributed by atoms with van der Waals surface area (Å²) in [5, 5.41) is 5.78. The van der Waals surface area contributed by atoms with Gasteiger partial charge >= 0.3 is 6.03 Å². The van der Waals surface area contributed by atoms with E-state index in [1.54, 1.807) is 6.07 Å². The van der Waals surface area contributed by atoms with Gasteiger partial charge in [-0.1, -0.05) is 109 Å². The van der Waals surface area contributed by atoms with E-state index in [4.69, 9.17) is 0 Å². The van der Waals surface area contributed by atoms with Crippen molar-refractivity contribution in [2.24, 2.45) is 0 Å². The summed E-state index contributed by atoms with van der Waals surface area (Å²) >= 11 is 0. The highest BCUT2D eigenvalue weighted by atomic mass is 16.2. The number of hydrogen-bond acceptors (Lipinski definition) is 3. The molecular formula is C30H25N3O3. The lowest BCUT2D eigenvalue weighted by Crippen LogP contribution is -2.46. The minimum atomic E-state index is -1.29. The molecule has 36 heavy (non-hydrogen) atoms. The zero-order chi connectivity index (χ0) is 25.0. The Hall–Kier alpha value is -4.71. The topological polar surface area (TPSA) is 78.5 Å². The van der Waals surface area contributed by atoms with Crippen molar-refractivity contribution in [1.29, 1.82) is 0 Å². The van der Waals surface area contributed by atoms with E-state index in [1.807, 2.05) is 109 Å². The number of imide groups is 1. The Balaban J connectivity index is 1.40. The maximum atomic E-state index is 13.8. The van der Waals surface area contributed by atoms with Crippen LogP contribution in [0.25, 0.3) is 11.1 Å². The summed E-state index contributed by atoms with van der Waals surface area (Å²) < 4.78 is 0. The molecule has 4 aromatic carbocycles. The van der Waals surface area contributed by atoms with Gasteiger partial charge in [-0.15, -0.1) is 0 Å². The van der Waals surface area contributed by atoms with E-state index in [9.17, 15) is 14.4 Å². The Kier molecular flexibility index (Phi) is 6.33. The van der Waals surface area contributed by atoms with Gasteiger partial charge in [0.15, 0.2) is 5.54 Å². The van der Waals surface area contributed by atoms with Crippen LogP contribution in [0.5, 0.6) is 0 Å². The number of rotatable bonds is 7. The number of carbonyl (C=O) groups is 3. The molecule has 0 aromatic heterocycles. The second-order valence-electron chi connectivity index (χ2n) is 8.71. The highest BCUT2D eigenvalue weighted by Gasteiger charge is 2.52. The van der Waals surface area contributed by atoms with Crippen LogP contribution in [-0.2, 0) is 21.5 Å². The van der Waals surface area contributed by atoms with Gasteiger partial charge < -0.3 is 10.6 Å². The largest absolute Gasteiger partial charge is 0.325 e. The number of amides is 4. The molecule has 0 radical (unpaired) electrons. The highest BCUT2D eigenvalue weighted by molar-refractivity contribution is 6.11. The van der Waals surface area contributed by atoms with Crippen LogP contribution >= 0.6 is 0 Å². The zero-order valence-corrected chi connectivity index (χ0v) is 19.6. The van der Waals surface area contributed by atoms with Crippen molar-refractivity contribution in [3.05, 3.63) is 126 Å². The first-order chi connectivity index (χ1) is 17.6. The first-order valence-corrected chi connectivity index (χ1v) is 11.7. The van der Waals surface area contributed by atoms with E-state index >= 15 is 0 Å². The third-order valence-electron chi connectivity index (χ3n) is 6.34. The number of nitrogens with one attached hydrogen (secondary N) is 2. The summed E-state index contributed by atoms with van der Waals surface area (Å²) in [5.41, 5.74) is 2.70. The Labute approximate surface area is 209 Å². The third kappa shape index (κ3) is 4.49. The number of carbonyl (C=O) groups excluding carboxylic acids is 3. The van der Waals surface area contributed by atoms with Crippen LogP contribution in [0.15, 0.2) is 115 Å². The van der Waals surface area contributed by atoms with E-state index in [1.165, 1.54) is 0 Å². The summed E-state index contributed by atoms with van der Waals surface area (Å²) in [5.74, 6) is -0.903. The molecule has 0 aliphatic carbocycles. The molecule has 1 aliphatic heterocycles. The fraction of sp³-hybridized carbons (Fsp3) is 0.100. The molecule has 0 saturated carbocycles. The van der Waals surface area contributed by atoms with Crippen molar-refractivity contribution in [2.45, 2.75) is 12.0 Å². The summed E-state index contributed by atoms with van der Waals surface area (Å²) in [6.07, 6.45) is 0.275. The lowest BCUT2D eigenvalue weighted by atomic mass is 9.83. The first-order valence-electron chi connectivity index (χ1n) is 11.7. The van der Waals surface area contributed by atoms with Crippen LogP contribution in [0.2, 0.25) is 0 Å². The maximum absolute atomic E-state index is 13.8. The van der Waals surface area contributed by atoms with Gasteiger partial charge in [-0.25, -0.2) is 4.79 Å². The van der Waals surface area contributed by atoms with E-state index in [0.717, 1.165) is 21.6 Å². The van der Waals surface area contributed by atoms with Gasteiger partial charge in [0.1, 0.15) is 6.54 Å². The van der Waals surface area contributed by atoms with Crippen molar-refractivity contribution in [1.82, 2.24) is 10.2 Å². The Morgan fingerprint density at radius 3 is 2.03 bits per heavy atom. The quantitative estimate of drug-likeness (QED) is 0.370. The van der Waals surface area contributed by atoms with Crippen molar-refractivity contribution in [3.63, 3.8) is 0 Å². The second kappa shape index (κ2) is 9.88. The van der Waals surface area contributed by atoms with Crippen LogP contribution in [0.3, 0.4) is 0 Å². The van der Waals surface area contributed by atoms with Crippen LogP contribution in [0, 0.1) is 0 Å². The molecule has 1 heterocycles. The van der Waals surface area contributed by atoms with Crippen LogP contribution < -0.4 is 10.6 Å². The predicted molar refractivity (Wildman–Crippen MR) is 139 cm³/mol. The molecule has 1 atom stereocenters. The predicted octanol–water partition coefficient (Wildman–Crippen LogP) is 4.98. The smallest absolute Gasteiger partial charge is 0.324 e. The minimum Gasteiger partial charge on any atom is -0.324 e. The van der Waals surface area contributed by atoms with Crippen LogP contribution in [-0.4, -0.2) is 29.3 Å². The standard InChI is InChI=1S/C30H25N3O3/c34-27(31-26-19-11-10-18-25(26)23-14-6-2-7-15-23)21-33-28(35)30(32-29(33)36,24-16-8-3-9-17-24)20-22-12-4-1-5-13-22/h1-19H,20-21H2,(H,31,34)(H,32,36). The SMILES string of the molecule is O=C(CN1C(=O)NC(Cc2ccccc2)(c2ccccc2)C1=O)Nc1ccccc1-c1ccccc1. The number of benzene rings is 4. The molecule has 1 saturated heterocycles. The molecule has 0 bridgehead atoms. The second-order valence-corrected chi connectivity index (χ2v) is 8.71. The van der Waals surface area contributed by atoms with Crippen molar-refractivity contribution in [2.75, 3.05) is 11.9 Å². The van der Waals surface area contributed by atoms with Crippen molar-refractivity contribution < 1.29 is 14.4 Å². The molecule has 6 heteroatoms. The van der Waals surface area contributed by atoms with Gasteiger partial charge in [0, 0.05) is 17.7 Å². The highest BCUT2D eigenvalue weighted by Crippen LogP contribution is 2.33. The van der Waals surface area contributed by atoms with Crippen LogP contribution in [0.4, 0.5) is 10.5 Å². The number of nitrogens with zero attached hydrogens (tertiary/aromatic N) is 1. The molecule has 2 N–H and O–H groups in total. The zero-order valence-electron chi connectivity index (χ0n) is 19.6. The van der Waals surface area contributed by atoms with Gasteiger partial charge in [0.05, 0.1) is 0 Å². The fourth-order valence-corrected chi connectivity index (χ4v) is 4.61. The number of hydrogen-bond donors (Lipinski definition) is 2. The monoisotopic (exact) mass is 475 g/mol. The number of urea groups is 1. The summed E-state index contributed by atoms with van der Waals surface area (Å²) in [6.45, 7) is -0.392. The molecule has 4 aromatic rings. The summed E-state index contributed by atoms with van der Waals surface area (Å²) in [4.78, 5) is 40.9. The third-order valence-corrected chi connectivity index (χ3v) is 6.34. The molecule has 1 unspecified atom stereocenters. The molecule has 0 spiro atoms. The Morgan fingerprint density at radius 2 is 1.33 bits per heavy atom. The number of anilines is 1. The van der Waals surface area contributed by atoms with Crippen LogP contribution in [0.1, 0.15) is 11.1 Å². The molecular weight excluding hydrogens is 450 g/mol. The molecule has 1 aliphatic rings. The van der Waals surface area contributed by atoms with Gasteiger partial charge in [0.25, 0.3) is 5.91 Å². The van der Waals surface area contributed by atoms with Crippen molar-refractivity contribution >= 4 is 23.5 Å². The molecule has 5 rings (SSSR count). The normalized spacial score (nSPS) is 17.1. The Morgan fingerprint density at radius 1 is 0.750 bits per heavy atom. The van der Waals surface area contributed by atoms with Gasteiger partial charge in [-0.2, -0.15) is 0 Å². The molecule has 1 fully saturated rings. The Bertz CT molecular complexity index is 1390. The van der Waals surface area contributed by atoms with E-state index in [2.05, 4.69) is 10.6 Å². The molecule has 178 valence electrons. The van der Waals surface area contributed by atoms with E-state index in [-0.39, 0.29) is 6.42 Å². The lowest BCUT2D eigenvalue weighted by Gasteiger charge is -2.27. The molecule has 4 amide bonds. The van der Waals surface area contributed by atoms with Gasteiger partial charge in [-0.05, 0) is 22.8 Å².